The number of aliphatic imine (C=N–C) groups is 2. The average molecular weight is 183 g/mol. The highest BCUT2D eigenvalue weighted by molar-refractivity contribution is 5.98. The van der Waals surface area contributed by atoms with Gasteiger partial charge in [-0.15, -0.1) is 0 Å². The zero-order valence-electron chi connectivity index (χ0n) is 7.56. The molecule has 2 N–H and O–H groups in total. The fourth-order valence-corrected chi connectivity index (χ4v) is 1.01. The minimum Gasteiger partial charge on any atom is -0.465 e. The first kappa shape index (κ1) is 9.85. The highest BCUT2D eigenvalue weighted by Crippen LogP contribution is 1.99. The number of hydrogen-bond acceptors (Lipinski definition) is 5. The highest BCUT2D eigenvalue weighted by Gasteiger charge is 2.17. The smallest absolute Gasteiger partial charge is 0.323 e. The Morgan fingerprint density at radius 1 is 1.85 bits per heavy atom. The summed E-state index contributed by atoms with van der Waals surface area (Å²) < 4.78 is 4.75. The maximum atomic E-state index is 11.1. The van der Waals surface area contributed by atoms with Crippen LogP contribution in [-0.4, -0.2) is 37.2 Å². The summed E-state index contributed by atoms with van der Waals surface area (Å²) in [4.78, 5) is 18.9. The summed E-state index contributed by atoms with van der Waals surface area (Å²) in [5, 5.41) is 0. The Morgan fingerprint density at radius 2 is 2.62 bits per heavy atom. The first-order valence-electron chi connectivity index (χ1n) is 4.20. The van der Waals surface area contributed by atoms with Crippen LogP contribution in [0, 0.1) is 0 Å². The predicted molar refractivity (Wildman–Crippen MR) is 50.0 cm³/mol. The molecule has 0 amide bonds. The Balaban J connectivity index is 2.32. The molecule has 1 aliphatic rings. The van der Waals surface area contributed by atoms with Gasteiger partial charge in [0.2, 0.25) is 0 Å². The fraction of sp³-hybridized carbons (Fsp3) is 0.625. The number of nitrogens with zero attached hydrogens (tertiary/aromatic N) is 2. The third-order valence-corrected chi connectivity index (χ3v) is 1.64. The van der Waals surface area contributed by atoms with Gasteiger partial charge in [0.25, 0.3) is 0 Å². The lowest BCUT2D eigenvalue weighted by molar-refractivity contribution is -0.144. The molecule has 0 aromatic carbocycles. The molecule has 0 aromatic heterocycles. The van der Waals surface area contributed by atoms with E-state index in [1.54, 1.807) is 6.92 Å². The van der Waals surface area contributed by atoms with E-state index in [-0.39, 0.29) is 5.97 Å². The summed E-state index contributed by atoms with van der Waals surface area (Å²) in [6.07, 6.45) is 1.91. The normalized spacial score (nSPS) is 16.9. The van der Waals surface area contributed by atoms with E-state index in [2.05, 4.69) is 9.98 Å². The SMILES string of the molecule is CCOC(=O)[C@H](N)CC1=NC=NC1. The quantitative estimate of drug-likeness (QED) is 0.610. The van der Waals surface area contributed by atoms with Gasteiger partial charge >= 0.3 is 5.97 Å². The molecule has 0 fully saturated rings. The van der Waals surface area contributed by atoms with Crippen LogP contribution >= 0.6 is 0 Å². The Labute approximate surface area is 76.7 Å². The average Bonchev–Trinajstić information content (AvgIpc) is 2.57. The number of nitrogens with two attached hydrogens (primary N) is 1. The Kier molecular flexibility index (Phi) is 3.57. The van der Waals surface area contributed by atoms with Crippen LogP contribution in [-0.2, 0) is 9.53 Å². The van der Waals surface area contributed by atoms with Gasteiger partial charge in [-0.2, -0.15) is 0 Å². The molecule has 0 unspecified atom stereocenters. The summed E-state index contributed by atoms with van der Waals surface area (Å²) in [5.41, 5.74) is 6.41. The fourth-order valence-electron chi connectivity index (χ4n) is 1.01. The molecule has 0 saturated heterocycles. The van der Waals surface area contributed by atoms with Crippen LogP contribution in [0.5, 0.6) is 0 Å². The van der Waals surface area contributed by atoms with Crippen molar-refractivity contribution in [2.24, 2.45) is 15.7 Å². The van der Waals surface area contributed by atoms with Gasteiger partial charge in [0.05, 0.1) is 13.2 Å². The van der Waals surface area contributed by atoms with Crippen LogP contribution in [0.2, 0.25) is 0 Å². The van der Waals surface area contributed by atoms with Crippen molar-refractivity contribution in [2.75, 3.05) is 13.2 Å². The zero-order valence-corrected chi connectivity index (χ0v) is 7.56. The summed E-state index contributed by atoms with van der Waals surface area (Å²) in [6, 6.07) is -0.611. The largest absolute Gasteiger partial charge is 0.465 e. The van der Waals surface area contributed by atoms with Crippen molar-refractivity contribution < 1.29 is 9.53 Å². The first-order chi connectivity index (χ1) is 6.24. The number of rotatable bonds is 4. The van der Waals surface area contributed by atoms with Crippen LogP contribution in [0.25, 0.3) is 0 Å². The Morgan fingerprint density at radius 3 is 3.15 bits per heavy atom. The maximum absolute atomic E-state index is 11.1. The summed E-state index contributed by atoms with van der Waals surface area (Å²) in [7, 11) is 0. The zero-order chi connectivity index (χ0) is 9.68. The van der Waals surface area contributed by atoms with Gasteiger partial charge in [-0.25, -0.2) is 4.99 Å². The van der Waals surface area contributed by atoms with Crippen LogP contribution < -0.4 is 5.73 Å². The van der Waals surface area contributed by atoms with Crippen molar-refractivity contribution in [1.29, 1.82) is 0 Å². The lowest BCUT2D eigenvalue weighted by Gasteiger charge is -2.09. The summed E-state index contributed by atoms with van der Waals surface area (Å²) in [5.74, 6) is -0.378. The van der Waals surface area contributed by atoms with E-state index in [4.69, 9.17) is 10.5 Å². The molecule has 1 rings (SSSR count). The van der Waals surface area contributed by atoms with Crippen molar-refractivity contribution in [1.82, 2.24) is 0 Å². The molecule has 72 valence electrons. The third kappa shape index (κ3) is 2.95. The van der Waals surface area contributed by atoms with Gasteiger partial charge in [-0.1, -0.05) is 0 Å². The topological polar surface area (TPSA) is 77.0 Å². The van der Waals surface area contributed by atoms with Gasteiger partial charge in [0.15, 0.2) is 0 Å². The molecular formula is C8H13N3O2. The molecule has 0 bridgehead atoms. The van der Waals surface area contributed by atoms with Gasteiger partial charge in [0, 0.05) is 12.1 Å². The standard InChI is InChI=1S/C8H13N3O2/c1-2-13-8(12)7(9)3-6-4-10-5-11-6/h5,7H,2-4,9H2,1H3/t7-/m1/s1. The van der Waals surface area contributed by atoms with Crippen molar-refractivity contribution in [3.05, 3.63) is 0 Å². The highest BCUT2D eigenvalue weighted by atomic mass is 16.5. The molecule has 1 heterocycles. The van der Waals surface area contributed by atoms with Crippen molar-refractivity contribution in [2.45, 2.75) is 19.4 Å². The van der Waals surface area contributed by atoms with E-state index >= 15 is 0 Å². The lowest BCUT2D eigenvalue weighted by Crippen LogP contribution is -2.34. The summed E-state index contributed by atoms with van der Waals surface area (Å²) in [6.45, 7) is 2.66. The van der Waals surface area contributed by atoms with Crippen LogP contribution in [0.3, 0.4) is 0 Å². The van der Waals surface area contributed by atoms with Crippen LogP contribution in [0.1, 0.15) is 13.3 Å². The number of carbonyl (C=O) groups excluding carboxylic acids is 1. The van der Waals surface area contributed by atoms with Crippen molar-refractivity contribution >= 4 is 18.0 Å². The second-order valence-electron chi connectivity index (χ2n) is 2.71. The molecule has 0 aliphatic carbocycles. The number of ether oxygens (including phenoxy) is 1. The number of esters is 1. The minimum atomic E-state index is -0.611. The van der Waals surface area contributed by atoms with E-state index < -0.39 is 6.04 Å². The van der Waals surface area contributed by atoms with Gasteiger partial charge in [0.1, 0.15) is 12.4 Å². The lowest BCUT2D eigenvalue weighted by atomic mass is 10.1. The van der Waals surface area contributed by atoms with E-state index in [0.717, 1.165) is 5.71 Å². The van der Waals surface area contributed by atoms with Crippen LogP contribution in [0.4, 0.5) is 0 Å². The van der Waals surface area contributed by atoms with Gasteiger partial charge in [-0.3, -0.25) is 9.79 Å². The molecular weight excluding hydrogens is 170 g/mol. The van der Waals surface area contributed by atoms with E-state index in [9.17, 15) is 4.79 Å². The van der Waals surface area contributed by atoms with Crippen LogP contribution in [0.15, 0.2) is 9.98 Å². The number of carbonyl (C=O) groups is 1. The molecule has 0 aromatic rings. The Bertz CT molecular complexity index is 248. The molecule has 0 spiro atoms. The Hall–Kier alpha value is -1.23. The van der Waals surface area contributed by atoms with E-state index in [1.165, 1.54) is 6.34 Å². The predicted octanol–water partition coefficient (Wildman–Crippen LogP) is -0.250. The van der Waals surface area contributed by atoms with E-state index in [0.29, 0.717) is 19.6 Å². The molecule has 13 heavy (non-hydrogen) atoms. The number of hydrogen-bond donors (Lipinski definition) is 1. The monoisotopic (exact) mass is 183 g/mol. The molecule has 1 atom stereocenters. The third-order valence-electron chi connectivity index (χ3n) is 1.64. The molecule has 1 aliphatic heterocycles. The molecule has 5 nitrogen and oxygen atoms in total. The second-order valence-corrected chi connectivity index (χ2v) is 2.71. The van der Waals surface area contributed by atoms with Crippen molar-refractivity contribution in [3.63, 3.8) is 0 Å². The van der Waals surface area contributed by atoms with Gasteiger partial charge in [-0.05, 0) is 6.92 Å². The maximum Gasteiger partial charge on any atom is 0.323 e. The molecule has 0 saturated carbocycles. The molecule has 5 heteroatoms. The minimum absolute atomic E-state index is 0.357. The van der Waals surface area contributed by atoms with E-state index in [1.807, 2.05) is 0 Å². The summed E-state index contributed by atoms with van der Waals surface area (Å²) >= 11 is 0. The molecule has 0 radical (unpaired) electrons. The van der Waals surface area contributed by atoms with Crippen molar-refractivity contribution in [3.8, 4) is 0 Å². The first-order valence-corrected chi connectivity index (χ1v) is 4.20. The van der Waals surface area contributed by atoms with Gasteiger partial charge < -0.3 is 10.5 Å². The second kappa shape index (κ2) is 4.71.